The highest BCUT2D eigenvalue weighted by atomic mass is 16.1. The van der Waals surface area contributed by atoms with Crippen LogP contribution in [0.1, 0.15) is 43.5 Å². The van der Waals surface area contributed by atoms with E-state index in [9.17, 15) is 4.79 Å². The van der Waals surface area contributed by atoms with Gasteiger partial charge in [0.2, 0.25) is 0 Å². The van der Waals surface area contributed by atoms with Gasteiger partial charge in [-0.3, -0.25) is 4.79 Å². The first kappa shape index (κ1) is 13.4. The van der Waals surface area contributed by atoms with Crippen LogP contribution in [-0.4, -0.2) is 16.9 Å². The third-order valence-corrected chi connectivity index (χ3v) is 2.56. The summed E-state index contributed by atoms with van der Waals surface area (Å²) in [6.07, 6.45) is 4.81. The molecule has 0 saturated carbocycles. The minimum absolute atomic E-state index is 0.144. The first-order chi connectivity index (χ1) is 8.19. The molecule has 4 N–H and O–H groups in total. The van der Waals surface area contributed by atoms with E-state index in [1.807, 2.05) is 6.92 Å². The maximum Gasteiger partial charge on any atom is 0.255 e. The van der Waals surface area contributed by atoms with Gasteiger partial charge in [-0.25, -0.2) is 10.8 Å². The standard InChI is InChI=1S/C12H20N4O/c1-3-4-6-9(2)15-12(17)10-7-5-8-14-11(10)16-13/h5,7-9H,3-4,6,13H2,1-2H3,(H,14,16)(H,15,17). The zero-order valence-electron chi connectivity index (χ0n) is 10.4. The zero-order valence-corrected chi connectivity index (χ0v) is 10.4. The van der Waals surface area contributed by atoms with Crippen molar-refractivity contribution in [2.45, 2.75) is 39.2 Å². The van der Waals surface area contributed by atoms with Gasteiger partial charge in [-0.15, -0.1) is 0 Å². The number of aromatic nitrogens is 1. The lowest BCUT2D eigenvalue weighted by atomic mass is 10.1. The van der Waals surface area contributed by atoms with Gasteiger partial charge in [-0.1, -0.05) is 19.8 Å². The van der Waals surface area contributed by atoms with Crippen molar-refractivity contribution >= 4 is 11.7 Å². The maximum absolute atomic E-state index is 12.0. The van der Waals surface area contributed by atoms with Crippen molar-refractivity contribution in [1.29, 1.82) is 0 Å². The Kier molecular flexibility index (Phi) is 5.42. The number of carbonyl (C=O) groups excluding carboxylic acids is 1. The van der Waals surface area contributed by atoms with Crippen LogP contribution in [0.25, 0.3) is 0 Å². The average molecular weight is 236 g/mol. The highest BCUT2D eigenvalue weighted by Gasteiger charge is 2.13. The predicted molar refractivity (Wildman–Crippen MR) is 68.5 cm³/mol. The van der Waals surface area contributed by atoms with Gasteiger partial charge in [0, 0.05) is 12.2 Å². The molecule has 0 saturated heterocycles. The summed E-state index contributed by atoms with van der Waals surface area (Å²) in [4.78, 5) is 15.9. The maximum atomic E-state index is 12.0. The third-order valence-electron chi connectivity index (χ3n) is 2.56. The molecule has 1 rings (SSSR count). The molecule has 1 heterocycles. The van der Waals surface area contributed by atoms with E-state index in [1.165, 1.54) is 0 Å². The molecule has 17 heavy (non-hydrogen) atoms. The topological polar surface area (TPSA) is 80.0 Å². The molecule has 0 spiro atoms. The lowest BCUT2D eigenvalue weighted by molar-refractivity contribution is 0.0938. The molecular weight excluding hydrogens is 216 g/mol. The van der Waals surface area contributed by atoms with Gasteiger partial charge in [0.25, 0.3) is 5.91 Å². The van der Waals surface area contributed by atoms with E-state index in [-0.39, 0.29) is 11.9 Å². The van der Waals surface area contributed by atoms with Crippen molar-refractivity contribution in [3.05, 3.63) is 23.9 Å². The van der Waals surface area contributed by atoms with Crippen LogP contribution >= 0.6 is 0 Å². The van der Waals surface area contributed by atoms with Crippen molar-refractivity contribution in [2.75, 3.05) is 5.43 Å². The SMILES string of the molecule is CCCCC(C)NC(=O)c1cccnc1NN. The Hall–Kier alpha value is -1.62. The number of nitrogens with one attached hydrogen (secondary N) is 2. The number of anilines is 1. The van der Waals surface area contributed by atoms with Crippen LogP contribution in [0.15, 0.2) is 18.3 Å². The Morgan fingerprint density at radius 1 is 1.59 bits per heavy atom. The van der Waals surface area contributed by atoms with Gasteiger partial charge in [0.15, 0.2) is 5.82 Å². The van der Waals surface area contributed by atoms with Crippen molar-refractivity contribution in [1.82, 2.24) is 10.3 Å². The summed E-state index contributed by atoms with van der Waals surface area (Å²) in [5.41, 5.74) is 2.89. The number of unbranched alkanes of at least 4 members (excludes halogenated alkanes) is 1. The summed E-state index contributed by atoms with van der Waals surface area (Å²) in [5.74, 6) is 5.56. The van der Waals surface area contributed by atoms with Crippen LogP contribution in [-0.2, 0) is 0 Å². The van der Waals surface area contributed by atoms with Crippen molar-refractivity contribution in [2.24, 2.45) is 5.84 Å². The summed E-state index contributed by atoms with van der Waals surface area (Å²) in [7, 11) is 0. The fourth-order valence-corrected chi connectivity index (χ4v) is 1.59. The van der Waals surface area contributed by atoms with Crippen LogP contribution in [0.2, 0.25) is 0 Å². The van der Waals surface area contributed by atoms with Gasteiger partial charge in [-0.05, 0) is 25.5 Å². The second-order valence-corrected chi connectivity index (χ2v) is 4.06. The van der Waals surface area contributed by atoms with Crippen LogP contribution in [0.4, 0.5) is 5.82 Å². The number of rotatable bonds is 6. The number of hydrazine groups is 1. The van der Waals surface area contributed by atoms with Crippen molar-refractivity contribution in [3.63, 3.8) is 0 Å². The molecule has 0 bridgehead atoms. The van der Waals surface area contributed by atoms with E-state index < -0.39 is 0 Å². The highest BCUT2D eigenvalue weighted by Crippen LogP contribution is 2.10. The molecule has 0 aliphatic rings. The van der Waals surface area contributed by atoms with Gasteiger partial charge < -0.3 is 10.7 Å². The third kappa shape index (κ3) is 4.03. The normalized spacial score (nSPS) is 11.9. The molecule has 1 aromatic rings. The largest absolute Gasteiger partial charge is 0.349 e. The Morgan fingerprint density at radius 3 is 3.00 bits per heavy atom. The molecular formula is C12H20N4O. The molecule has 1 aromatic heterocycles. The van der Waals surface area contributed by atoms with Crippen molar-refractivity contribution in [3.8, 4) is 0 Å². The van der Waals surface area contributed by atoms with E-state index >= 15 is 0 Å². The number of amides is 1. The van der Waals surface area contributed by atoms with E-state index in [1.54, 1.807) is 18.3 Å². The zero-order chi connectivity index (χ0) is 12.7. The molecule has 0 radical (unpaired) electrons. The molecule has 5 heteroatoms. The van der Waals surface area contributed by atoms with Crippen LogP contribution in [0.3, 0.4) is 0 Å². The molecule has 0 aliphatic carbocycles. The van der Waals surface area contributed by atoms with Crippen molar-refractivity contribution < 1.29 is 4.79 Å². The smallest absolute Gasteiger partial charge is 0.255 e. The van der Waals surface area contributed by atoms with Gasteiger partial charge in [0.05, 0.1) is 5.56 Å². The summed E-state index contributed by atoms with van der Waals surface area (Å²) < 4.78 is 0. The van der Waals surface area contributed by atoms with Gasteiger partial charge in [-0.2, -0.15) is 0 Å². The number of hydrogen-bond donors (Lipinski definition) is 3. The summed E-state index contributed by atoms with van der Waals surface area (Å²) in [6.45, 7) is 4.13. The predicted octanol–water partition coefficient (Wildman–Crippen LogP) is 1.68. The number of nitrogen functional groups attached to an aromatic ring is 1. The number of nitrogens with zero attached hydrogens (tertiary/aromatic N) is 1. The van der Waals surface area contributed by atoms with Crippen LogP contribution in [0.5, 0.6) is 0 Å². The summed E-state index contributed by atoms with van der Waals surface area (Å²) in [5, 5.41) is 2.93. The number of hydrogen-bond acceptors (Lipinski definition) is 4. The highest BCUT2D eigenvalue weighted by molar-refractivity contribution is 5.98. The first-order valence-electron chi connectivity index (χ1n) is 5.91. The fraction of sp³-hybridized carbons (Fsp3) is 0.500. The molecule has 1 amide bonds. The van der Waals surface area contributed by atoms with Crippen LogP contribution < -0.4 is 16.6 Å². The summed E-state index contributed by atoms with van der Waals surface area (Å²) >= 11 is 0. The Morgan fingerprint density at radius 2 is 2.35 bits per heavy atom. The van der Waals surface area contributed by atoms with E-state index in [2.05, 4.69) is 22.7 Å². The molecule has 0 fully saturated rings. The summed E-state index contributed by atoms with van der Waals surface area (Å²) in [6, 6.07) is 3.57. The lowest BCUT2D eigenvalue weighted by Gasteiger charge is -2.14. The Bertz CT molecular complexity index is 367. The second kappa shape index (κ2) is 6.85. The van der Waals surface area contributed by atoms with E-state index in [0.29, 0.717) is 11.4 Å². The quantitative estimate of drug-likeness (QED) is 0.518. The first-order valence-corrected chi connectivity index (χ1v) is 5.91. The number of pyridine rings is 1. The monoisotopic (exact) mass is 236 g/mol. The second-order valence-electron chi connectivity index (χ2n) is 4.06. The molecule has 94 valence electrons. The number of carbonyl (C=O) groups is 1. The Balaban J connectivity index is 2.63. The lowest BCUT2D eigenvalue weighted by Crippen LogP contribution is -2.33. The number of nitrogens with two attached hydrogens (primary N) is 1. The van der Waals surface area contributed by atoms with Gasteiger partial charge in [0.1, 0.15) is 0 Å². The molecule has 5 nitrogen and oxygen atoms in total. The Labute approximate surface area is 102 Å². The molecule has 0 aliphatic heterocycles. The van der Waals surface area contributed by atoms with E-state index in [4.69, 9.17) is 5.84 Å². The molecule has 1 unspecified atom stereocenters. The van der Waals surface area contributed by atoms with E-state index in [0.717, 1.165) is 19.3 Å². The average Bonchev–Trinajstić information content (AvgIpc) is 2.36. The minimum Gasteiger partial charge on any atom is -0.349 e. The minimum atomic E-state index is -0.144. The fourth-order valence-electron chi connectivity index (χ4n) is 1.59. The molecule has 1 atom stereocenters. The van der Waals surface area contributed by atoms with Crippen LogP contribution in [0, 0.1) is 0 Å². The van der Waals surface area contributed by atoms with Gasteiger partial charge >= 0.3 is 0 Å². The molecule has 0 aromatic carbocycles.